The molecule has 0 aromatic heterocycles. The molecule has 2 aromatic carbocycles. The van der Waals surface area contributed by atoms with Crippen molar-refractivity contribution in [3.8, 4) is 23.6 Å². The van der Waals surface area contributed by atoms with E-state index in [1.807, 2.05) is 36.4 Å². The molecule has 0 aliphatic rings. The lowest BCUT2D eigenvalue weighted by atomic mass is 9.87. The molecular weight excluding hydrogens is 260 g/mol. The zero-order valence-electron chi connectivity index (χ0n) is 12.3. The van der Waals surface area contributed by atoms with Gasteiger partial charge in [-0.2, -0.15) is 10.5 Å². The van der Waals surface area contributed by atoms with Gasteiger partial charge in [-0.3, -0.25) is 0 Å². The fraction of sp³-hybridized carbons (Fsp3) is 0.222. The van der Waals surface area contributed by atoms with E-state index < -0.39 is 0 Å². The second-order valence-corrected chi connectivity index (χ2v) is 5.81. The minimum absolute atomic E-state index is 0.0982. The van der Waals surface area contributed by atoms with Gasteiger partial charge in [-0.15, -0.1) is 0 Å². The SMILES string of the molecule is CC(C)(C)c1ccc(Oc2ccc(C#N)c(C#N)c2)cc1. The van der Waals surface area contributed by atoms with Crippen LogP contribution in [0.2, 0.25) is 0 Å². The van der Waals surface area contributed by atoms with Crippen molar-refractivity contribution in [2.45, 2.75) is 26.2 Å². The van der Waals surface area contributed by atoms with Crippen molar-refractivity contribution >= 4 is 0 Å². The summed E-state index contributed by atoms with van der Waals surface area (Å²) in [7, 11) is 0. The first-order valence-electron chi connectivity index (χ1n) is 6.66. The van der Waals surface area contributed by atoms with Crippen LogP contribution in [0.1, 0.15) is 37.5 Å². The van der Waals surface area contributed by atoms with Crippen LogP contribution in [0.15, 0.2) is 42.5 Å². The molecule has 2 aromatic rings. The summed E-state index contributed by atoms with van der Waals surface area (Å²) in [5.74, 6) is 1.26. The molecule has 0 N–H and O–H groups in total. The Bertz CT molecular complexity index is 726. The normalized spacial score (nSPS) is 10.5. The van der Waals surface area contributed by atoms with Crippen molar-refractivity contribution in [3.05, 3.63) is 59.2 Å². The van der Waals surface area contributed by atoms with Gasteiger partial charge in [0, 0.05) is 0 Å². The van der Waals surface area contributed by atoms with Gasteiger partial charge in [-0.05, 0) is 41.3 Å². The summed E-state index contributed by atoms with van der Waals surface area (Å²) in [5, 5.41) is 17.9. The molecule has 0 radical (unpaired) electrons. The first-order chi connectivity index (χ1) is 9.94. The quantitative estimate of drug-likeness (QED) is 0.810. The van der Waals surface area contributed by atoms with E-state index >= 15 is 0 Å². The van der Waals surface area contributed by atoms with E-state index in [2.05, 4.69) is 20.8 Å². The molecule has 104 valence electrons. The summed E-state index contributed by atoms with van der Waals surface area (Å²) in [5.41, 5.74) is 2.00. The fourth-order valence-electron chi connectivity index (χ4n) is 1.94. The Hall–Kier alpha value is -2.78. The maximum absolute atomic E-state index is 9.01. The lowest BCUT2D eigenvalue weighted by Crippen LogP contribution is -2.10. The first-order valence-corrected chi connectivity index (χ1v) is 6.66. The maximum atomic E-state index is 9.01. The third-order valence-corrected chi connectivity index (χ3v) is 3.19. The zero-order chi connectivity index (χ0) is 15.5. The van der Waals surface area contributed by atoms with Crippen molar-refractivity contribution in [1.82, 2.24) is 0 Å². The maximum Gasteiger partial charge on any atom is 0.128 e. The van der Waals surface area contributed by atoms with Gasteiger partial charge in [0.25, 0.3) is 0 Å². The van der Waals surface area contributed by atoms with E-state index in [-0.39, 0.29) is 5.41 Å². The minimum atomic E-state index is 0.0982. The highest BCUT2D eigenvalue weighted by Crippen LogP contribution is 2.27. The Morgan fingerprint density at radius 3 is 1.90 bits per heavy atom. The monoisotopic (exact) mass is 276 g/mol. The van der Waals surface area contributed by atoms with Crippen LogP contribution in [-0.2, 0) is 5.41 Å². The molecule has 3 heteroatoms. The number of nitrogens with zero attached hydrogens (tertiary/aromatic N) is 2. The van der Waals surface area contributed by atoms with Crippen molar-refractivity contribution in [1.29, 1.82) is 10.5 Å². The Morgan fingerprint density at radius 1 is 0.810 bits per heavy atom. The molecule has 0 amide bonds. The topological polar surface area (TPSA) is 56.8 Å². The Labute approximate surface area is 125 Å². The number of nitriles is 2. The molecule has 3 nitrogen and oxygen atoms in total. The van der Waals surface area contributed by atoms with Crippen LogP contribution < -0.4 is 4.74 Å². The molecule has 0 aliphatic heterocycles. The highest BCUT2D eigenvalue weighted by molar-refractivity contribution is 5.50. The third-order valence-electron chi connectivity index (χ3n) is 3.19. The summed E-state index contributed by atoms with van der Waals surface area (Å²) < 4.78 is 5.73. The summed E-state index contributed by atoms with van der Waals surface area (Å²) in [6.07, 6.45) is 0. The minimum Gasteiger partial charge on any atom is -0.457 e. The van der Waals surface area contributed by atoms with E-state index in [0.717, 1.165) is 0 Å². The van der Waals surface area contributed by atoms with Gasteiger partial charge in [0.15, 0.2) is 0 Å². The van der Waals surface area contributed by atoms with Crippen molar-refractivity contribution in [2.24, 2.45) is 0 Å². The summed E-state index contributed by atoms with van der Waals surface area (Å²) in [6, 6.07) is 16.7. The average Bonchev–Trinajstić information content (AvgIpc) is 2.46. The molecule has 0 heterocycles. The van der Waals surface area contributed by atoms with Crippen LogP contribution in [0.25, 0.3) is 0 Å². The molecule has 0 saturated carbocycles. The molecule has 0 atom stereocenters. The smallest absolute Gasteiger partial charge is 0.128 e. The molecule has 0 spiro atoms. The number of ether oxygens (including phenoxy) is 1. The van der Waals surface area contributed by atoms with E-state index in [9.17, 15) is 0 Å². The molecule has 2 rings (SSSR count). The van der Waals surface area contributed by atoms with Crippen molar-refractivity contribution < 1.29 is 4.74 Å². The Morgan fingerprint density at radius 2 is 1.38 bits per heavy atom. The van der Waals surface area contributed by atoms with E-state index in [1.165, 1.54) is 5.56 Å². The fourth-order valence-corrected chi connectivity index (χ4v) is 1.94. The van der Waals surface area contributed by atoms with Crippen LogP contribution >= 0.6 is 0 Å². The molecule has 0 aliphatic carbocycles. The zero-order valence-corrected chi connectivity index (χ0v) is 12.3. The van der Waals surface area contributed by atoms with Gasteiger partial charge < -0.3 is 4.74 Å². The highest BCUT2D eigenvalue weighted by Gasteiger charge is 2.13. The predicted molar refractivity (Wildman–Crippen MR) is 81.1 cm³/mol. The average molecular weight is 276 g/mol. The number of rotatable bonds is 2. The summed E-state index contributed by atoms with van der Waals surface area (Å²) in [4.78, 5) is 0. The summed E-state index contributed by atoms with van der Waals surface area (Å²) in [6.45, 7) is 6.47. The molecule has 0 fully saturated rings. The second-order valence-electron chi connectivity index (χ2n) is 5.81. The van der Waals surface area contributed by atoms with Crippen molar-refractivity contribution in [2.75, 3.05) is 0 Å². The van der Waals surface area contributed by atoms with Gasteiger partial charge >= 0.3 is 0 Å². The molecule has 0 unspecified atom stereocenters. The number of hydrogen-bond acceptors (Lipinski definition) is 3. The van der Waals surface area contributed by atoms with Crippen LogP contribution in [-0.4, -0.2) is 0 Å². The van der Waals surface area contributed by atoms with E-state index in [1.54, 1.807) is 18.2 Å². The Kier molecular flexibility index (Phi) is 3.96. The van der Waals surface area contributed by atoms with E-state index in [4.69, 9.17) is 15.3 Å². The molecule has 0 bridgehead atoms. The molecule has 21 heavy (non-hydrogen) atoms. The van der Waals surface area contributed by atoms with Crippen LogP contribution in [0.3, 0.4) is 0 Å². The molecular formula is C18H16N2O. The van der Waals surface area contributed by atoms with Gasteiger partial charge in [-0.1, -0.05) is 32.9 Å². The predicted octanol–water partition coefficient (Wildman–Crippen LogP) is 4.52. The lowest BCUT2D eigenvalue weighted by molar-refractivity contribution is 0.481. The van der Waals surface area contributed by atoms with E-state index in [0.29, 0.717) is 22.6 Å². The van der Waals surface area contributed by atoms with Gasteiger partial charge in [0.05, 0.1) is 11.1 Å². The third kappa shape index (κ3) is 3.41. The first kappa shape index (κ1) is 14.6. The largest absolute Gasteiger partial charge is 0.457 e. The number of hydrogen-bond donors (Lipinski definition) is 0. The van der Waals surface area contributed by atoms with Crippen LogP contribution in [0, 0.1) is 22.7 Å². The van der Waals surface area contributed by atoms with Crippen LogP contribution in [0.4, 0.5) is 0 Å². The Balaban J connectivity index is 2.23. The standard InChI is InChI=1S/C18H16N2O/c1-18(2,3)15-5-8-16(9-6-15)21-17-7-4-13(11-19)14(10-17)12-20/h4-10H,1-3H3. The van der Waals surface area contributed by atoms with Gasteiger partial charge in [0.1, 0.15) is 23.6 Å². The second kappa shape index (κ2) is 5.69. The van der Waals surface area contributed by atoms with Gasteiger partial charge in [0.2, 0.25) is 0 Å². The number of benzene rings is 2. The van der Waals surface area contributed by atoms with Crippen molar-refractivity contribution in [3.63, 3.8) is 0 Å². The summed E-state index contributed by atoms with van der Waals surface area (Å²) >= 11 is 0. The lowest BCUT2D eigenvalue weighted by Gasteiger charge is -2.19. The molecule has 0 saturated heterocycles. The van der Waals surface area contributed by atoms with Gasteiger partial charge in [-0.25, -0.2) is 0 Å². The van der Waals surface area contributed by atoms with Crippen LogP contribution in [0.5, 0.6) is 11.5 Å². The highest BCUT2D eigenvalue weighted by atomic mass is 16.5.